The van der Waals surface area contributed by atoms with Gasteiger partial charge in [-0.25, -0.2) is 0 Å². The van der Waals surface area contributed by atoms with Crippen LogP contribution in [-0.2, 0) is 23.7 Å². The number of aryl methyl sites for hydroxylation is 1. The van der Waals surface area contributed by atoms with Gasteiger partial charge in [0, 0.05) is 24.7 Å². The molecule has 0 saturated heterocycles. The van der Waals surface area contributed by atoms with Gasteiger partial charge in [0.05, 0.1) is 10.9 Å². The molecule has 0 aliphatic carbocycles. The first-order valence-corrected chi connectivity index (χ1v) is 11.4. The highest BCUT2D eigenvalue weighted by molar-refractivity contribution is 14.1. The van der Waals surface area contributed by atoms with Crippen molar-refractivity contribution in [1.29, 1.82) is 0 Å². The fraction of sp³-hybridized carbons (Fsp3) is 0.143. The Kier molecular flexibility index (Phi) is 4.93. The zero-order chi connectivity index (χ0) is 16.7. The molecule has 0 nitrogen and oxygen atoms in total. The molecule has 0 N–H and O–H groups in total. The average Bonchev–Trinajstić information content (AvgIpc) is 2.59. The summed E-state index contributed by atoms with van der Waals surface area (Å²) in [6, 6.07) is 23.1. The molecule has 0 saturated carbocycles. The maximum absolute atomic E-state index is 2.42. The standard InChI is InChI=1S/C21H17I2S/c1-2-14-3-7-19(8-4-14)24-20-9-5-17(22)12-15(20)11-16-13-18(23)6-10-21(16)24/h3-10,12-13H,2,11H2,1H3/q+1. The van der Waals surface area contributed by atoms with E-state index in [0.29, 0.717) is 0 Å². The molecule has 0 unspecified atom stereocenters. The van der Waals surface area contributed by atoms with Crippen molar-refractivity contribution < 1.29 is 0 Å². The van der Waals surface area contributed by atoms with Crippen molar-refractivity contribution in [3.05, 3.63) is 84.5 Å². The molecule has 3 heteroatoms. The van der Waals surface area contributed by atoms with E-state index in [2.05, 4.69) is 113 Å². The second-order valence-corrected chi connectivity index (χ2v) is 10.4. The van der Waals surface area contributed by atoms with Crippen molar-refractivity contribution in [2.45, 2.75) is 34.5 Å². The third kappa shape index (κ3) is 3.15. The number of halogens is 2. The minimum absolute atomic E-state index is 0.00862. The van der Waals surface area contributed by atoms with E-state index in [1.54, 1.807) is 0 Å². The zero-order valence-electron chi connectivity index (χ0n) is 13.4. The van der Waals surface area contributed by atoms with Crippen molar-refractivity contribution in [2.75, 3.05) is 0 Å². The van der Waals surface area contributed by atoms with E-state index in [4.69, 9.17) is 0 Å². The molecule has 1 aliphatic rings. The van der Waals surface area contributed by atoms with Crippen LogP contribution in [0.15, 0.2) is 75.4 Å². The van der Waals surface area contributed by atoms with E-state index in [9.17, 15) is 0 Å². The predicted molar refractivity (Wildman–Crippen MR) is 119 cm³/mol. The zero-order valence-corrected chi connectivity index (χ0v) is 18.5. The molecule has 3 aromatic carbocycles. The van der Waals surface area contributed by atoms with E-state index in [1.165, 1.54) is 38.5 Å². The highest BCUT2D eigenvalue weighted by atomic mass is 127. The molecule has 4 rings (SSSR count). The number of rotatable bonds is 2. The van der Waals surface area contributed by atoms with E-state index in [0.717, 1.165) is 12.8 Å². The number of fused-ring (bicyclic) bond motifs is 2. The van der Waals surface area contributed by atoms with Gasteiger partial charge in [-0.1, -0.05) is 19.1 Å². The summed E-state index contributed by atoms with van der Waals surface area (Å²) < 4.78 is 2.65. The monoisotopic (exact) mass is 555 g/mol. The van der Waals surface area contributed by atoms with Crippen molar-refractivity contribution in [1.82, 2.24) is 0 Å². The van der Waals surface area contributed by atoms with E-state index in [-0.39, 0.29) is 10.9 Å². The van der Waals surface area contributed by atoms with Crippen LogP contribution in [0.2, 0.25) is 0 Å². The molecule has 3 aromatic rings. The second-order valence-electron chi connectivity index (χ2n) is 5.98. The molecule has 1 heterocycles. The van der Waals surface area contributed by atoms with Crippen LogP contribution in [0.3, 0.4) is 0 Å². The van der Waals surface area contributed by atoms with Gasteiger partial charge in [0.1, 0.15) is 0 Å². The topological polar surface area (TPSA) is 0 Å². The summed E-state index contributed by atoms with van der Waals surface area (Å²) in [4.78, 5) is 4.42. The fourth-order valence-electron chi connectivity index (χ4n) is 3.21. The Balaban J connectivity index is 1.91. The van der Waals surface area contributed by atoms with Crippen LogP contribution in [0, 0.1) is 7.14 Å². The molecule has 0 radical (unpaired) electrons. The van der Waals surface area contributed by atoms with Crippen LogP contribution < -0.4 is 0 Å². The highest BCUT2D eigenvalue weighted by Crippen LogP contribution is 2.41. The van der Waals surface area contributed by atoms with E-state index < -0.39 is 0 Å². The van der Waals surface area contributed by atoms with Gasteiger partial charge in [-0.2, -0.15) is 0 Å². The van der Waals surface area contributed by atoms with Gasteiger partial charge >= 0.3 is 0 Å². The Morgan fingerprint density at radius 3 is 1.83 bits per heavy atom. The third-order valence-electron chi connectivity index (χ3n) is 4.43. The van der Waals surface area contributed by atoms with Crippen molar-refractivity contribution in [3.8, 4) is 0 Å². The average molecular weight is 555 g/mol. The third-order valence-corrected chi connectivity index (χ3v) is 8.19. The molecule has 0 fully saturated rings. The van der Waals surface area contributed by atoms with Crippen molar-refractivity contribution in [2.24, 2.45) is 0 Å². The van der Waals surface area contributed by atoms with Crippen LogP contribution in [0.5, 0.6) is 0 Å². The first-order valence-electron chi connectivity index (χ1n) is 8.06. The van der Waals surface area contributed by atoms with Gasteiger partial charge in [0.15, 0.2) is 14.7 Å². The molecule has 0 atom stereocenters. The van der Waals surface area contributed by atoms with Gasteiger partial charge in [-0.15, -0.1) is 0 Å². The minimum atomic E-state index is 0.00862. The van der Waals surface area contributed by atoms with E-state index >= 15 is 0 Å². The predicted octanol–water partition coefficient (Wildman–Crippen LogP) is 6.46. The van der Waals surface area contributed by atoms with Crippen LogP contribution >= 0.6 is 45.2 Å². The molecular weight excluding hydrogens is 538 g/mol. The summed E-state index contributed by atoms with van der Waals surface area (Å²) in [6.07, 6.45) is 2.15. The van der Waals surface area contributed by atoms with Crippen LogP contribution in [0.25, 0.3) is 0 Å². The lowest BCUT2D eigenvalue weighted by Crippen LogP contribution is -2.16. The Labute approximate surface area is 173 Å². The van der Waals surface area contributed by atoms with Crippen molar-refractivity contribution >= 4 is 56.1 Å². The first kappa shape index (κ1) is 16.9. The summed E-state index contributed by atoms with van der Waals surface area (Å²) in [7, 11) is 0.00862. The molecule has 0 amide bonds. The van der Waals surface area contributed by atoms with Gasteiger partial charge in [-0.05, 0) is 106 Å². The summed E-state index contributed by atoms with van der Waals surface area (Å²) in [5, 5.41) is 0. The number of benzene rings is 3. The largest absolute Gasteiger partial charge is 0.170 e. The van der Waals surface area contributed by atoms with Crippen molar-refractivity contribution in [3.63, 3.8) is 0 Å². The molecular formula is C21H17I2S+. The molecule has 24 heavy (non-hydrogen) atoms. The minimum Gasteiger partial charge on any atom is -0.0613 e. The quantitative estimate of drug-likeness (QED) is 0.197. The Morgan fingerprint density at radius 1 is 0.792 bits per heavy atom. The first-order chi connectivity index (χ1) is 11.7. The van der Waals surface area contributed by atoms with Gasteiger partial charge in [0.2, 0.25) is 0 Å². The fourth-order valence-corrected chi connectivity index (χ4v) is 6.67. The molecule has 0 bridgehead atoms. The maximum atomic E-state index is 2.42. The normalized spacial score (nSPS) is 13.5. The van der Waals surface area contributed by atoms with E-state index in [1.807, 2.05) is 0 Å². The molecule has 0 spiro atoms. The highest BCUT2D eigenvalue weighted by Gasteiger charge is 2.37. The molecule has 0 aromatic heterocycles. The van der Waals surface area contributed by atoms with Crippen LogP contribution in [-0.4, -0.2) is 0 Å². The second kappa shape index (κ2) is 7.00. The maximum Gasteiger partial charge on any atom is 0.170 e. The number of hydrogen-bond donors (Lipinski definition) is 0. The molecule has 1 aliphatic heterocycles. The lowest BCUT2D eigenvalue weighted by atomic mass is 10.0. The van der Waals surface area contributed by atoms with Gasteiger partial charge in [0.25, 0.3) is 0 Å². The Hall–Kier alpha value is -0.530. The SMILES string of the molecule is CCc1ccc([S+]2c3ccc(I)cc3Cc3cc(I)ccc32)cc1. The lowest BCUT2D eigenvalue weighted by Gasteiger charge is -2.20. The Morgan fingerprint density at radius 2 is 1.33 bits per heavy atom. The summed E-state index contributed by atoms with van der Waals surface area (Å²) in [5.41, 5.74) is 4.38. The Bertz CT molecular complexity index is 849. The number of hydrogen-bond acceptors (Lipinski definition) is 0. The van der Waals surface area contributed by atoms with Crippen LogP contribution in [0.1, 0.15) is 23.6 Å². The van der Waals surface area contributed by atoms with Crippen LogP contribution in [0.4, 0.5) is 0 Å². The summed E-state index contributed by atoms with van der Waals surface area (Å²) in [5.74, 6) is 0. The molecule has 120 valence electrons. The lowest BCUT2D eigenvalue weighted by molar-refractivity contribution is 1.03. The summed E-state index contributed by atoms with van der Waals surface area (Å²) in [6.45, 7) is 2.21. The van der Waals surface area contributed by atoms with Gasteiger partial charge in [-0.3, -0.25) is 0 Å². The smallest absolute Gasteiger partial charge is 0.0613 e. The summed E-state index contributed by atoms with van der Waals surface area (Å²) >= 11 is 4.85. The van der Waals surface area contributed by atoms with Gasteiger partial charge < -0.3 is 0 Å².